The first kappa shape index (κ1) is 9.70. The van der Waals surface area contributed by atoms with Crippen LogP contribution < -0.4 is 0 Å². The summed E-state index contributed by atoms with van der Waals surface area (Å²) in [5, 5.41) is 8.66. The minimum atomic E-state index is 0.390. The summed E-state index contributed by atoms with van der Waals surface area (Å²) in [5.74, 6) is 0. The molecule has 2 heterocycles. The highest BCUT2D eigenvalue weighted by molar-refractivity contribution is 5.20. The van der Waals surface area contributed by atoms with Crippen LogP contribution in [0.5, 0.6) is 0 Å². The van der Waals surface area contributed by atoms with Gasteiger partial charge in [-0.3, -0.25) is 4.90 Å². The van der Waals surface area contributed by atoms with Gasteiger partial charge in [-0.1, -0.05) is 6.08 Å². The zero-order chi connectivity index (χ0) is 10.2. The van der Waals surface area contributed by atoms with Crippen molar-refractivity contribution in [3.05, 3.63) is 11.6 Å². The predicted molar refractivity (Wildman–Crippen MR) is 53.7 cm³/mol. The molecule has 0 amide bonds. The van der Waals surface area contributed by atoms with Crippen molar-refractivity contribution in [3.63, 3.8) is 0 Å². The van der Waals surface area contributed by atoms with E-state index in [2.05, 4.69) is 17.9 Å². The summed E-state index contributed by atoms with van der Waals surface area (Å²) in [6.07, 6.45) is 2.03. The fourth-order valence-electron chi connectivity index (χ4n) is 2.18. The Hall–Kier alpha value is -0.850. The molecule has 0 saturated carbocycles. The Morgan fingerprint density at radius 2 is 2.21 bits per heavy atom. The van der Waals surface area contributed by atoms with Crippen LogP contribution in [-0.2, 0) is 4.74 Å². The van der Waals surface area contributed by atoms with E-state index in [1.165, 1.54) is 0 Å². The molecule has 2 aliphatic rings. The molecule has 2 rings (SSSR count). The van der Waals surface area contributed by atoms with Crippen LogP contribution in [-0.4, -0.2) is 37.2 Å². The SMILES string of the molecule is C/C(C#N)=C\C(C)N1CC2(COC2)C1. The largest absolute Gasteiger partial charge is 0.380 e. The first-order valence-electron chi connectivity index (χ1n) is 5.06. The molecule has 0 N–H and O–H groups in total. The molecule has 76 valence electrons. The summed E-state index contributed by atoms with van der Waals surface area (Å²) < 4.78 is 5.22. The Bertz CT molecular complexity index is 291. The zero-order valence-corrected chi connectivity index (χ0v) is 8.79. The van der Waals surface area contributed by atoms with E-state index in [-0.39, 0.29) is 0 Å². The van der Waals surface area contributed by atoms with Gasteiger partial charge in [-0.15, -0.1) is 0 Å². The number of rotatable bonds is 2. The molecule has 1 atom stereocenters. The van der Waals surface area contributed by atoms with Gasteiger partial charge in [0.2, 0.25) is 0 Å². The molecule has 3 nitrogen and oxygen atoms in total. The van der Waals surface area contributed by atoms with E-state index in [0.717, 1.165) is 31.9 Å². The van der Waals surface area contributed by atoms with Gasteiger partial charge >= 0.3 is 0 Å². The van der Waals surface area contributed by atoms with Crippen LogP contribution in [0, 0.1) is 16.7 Å². The van der Waals surface area contributed by atoms with Crippen LogP contribution in [0.15, 0.2) is 11.6 Å². The molecule has 14 heavy (non-hydrogen) atoms. The van der Waals surface area contributed by atoms with Crippen molar-refractivity contribution in [2.75, 3.05) is 26.3 Å². The average Bonchev–Trinajstić information content (AvgIpc) is 1.98. The molecule has 0 radical (unpaired) electrons. The van der Waals surface area contributed by atoms with Gasteiger partial charge < -0.3 is 4.74 Å². The lowest BCUT2D eigenvalue weighted by Gasteiger charge is -2.56. The average molecular weight is 192 g/mol. The number of hydrogen-bond acceptors (Lipinski definition) is 3. The first-order valence-corrected chi connectivity index (χ1v) is 5.06. The normalized spacial score (nSPS) is 27.6. The number of hydrogen-bond donors (Lipinski definition) is 0. The lowest BCUT2D eigenvalue weighted by molar-refractivity contribution is -0.193. The number of nitriles is 1. The molecule has 0 aromatic carbocycles. The topological polar surface area (TPSA) is 36.3 Å². The zero-order valence-electron chi connectivity index (χ0n) is 8.79. The maximum atomic E-state index is 8.66. The molecule has 2 fully saturated rings. The van der Waals surface area contributed by atoms with E-state index < -0.39 is 0 Å². The van der Waals surface area contributed by atoms with Crippen LogP contribution in [0.1, 0.15) is 13.8 Å². The third kappa shape index (κ3) is 1.56. The highest BCUT2D eigenvalue weighted by Crippen LogP contribution is 2.38. The van der Waals surface area contributed by atoms with Crippen molar-refractivity contribution >= 4 is 0 Å². The molecule has 0 aliphatic carbocycles. The maximum absolute atomic E-state index is 8.66. The number of allylic oxidation sites excluding steroid dienone is 1. The first-order chi connectivity index (χ1) is 6.65. The van der Waals surface area contributed by atoms with E-state index in [1.807, 2.05) is 13.0 Å². The fraction of sp³-hybridized carbons (Fsp3) is 0.727. The smallest absolute Gasteiger partial charge is 0.0941 e. The fourth-order valence-corrected chi connectivity index (χ4v) is 2.18. The van der Waals surface area contributed by atoms with E-state index >= 15 is 0 Å². The summed E-state index contributed by atoms with van der Waals surface area (Å²) >= 11 is 0. The van der Waals surface area contributed by atoms with Crippen LogP contribution >= 0.6 is 0 Å². The van der Waals surface area contributed by atoms with Gasteiger partial charge in [0.15, 0.2) is 0 Å². The van der Waals surface area contributed by atoms with Gasteiger partial charge in [-0.25, -0.2) is 0 Å². The second kappa shape index (κ2) is 3.38. The van der Waals surface area contributed by atoms with Crippen LogP contribution in [0.25, 0.3) is 0 Å². The Morgan fingerprint density at radius 1 is 1.57 bits per heavy atom. The standard InChI is InChI=1S/C11H16N2O/c1-9(4-12)3-10(2)13-5-11(6-13)7-14-8-11/h3,10H,5-8H2,1-2H3/b9-3+. The monoisotopic (exact) mass is 192 g/mol. The third-order valence-corrected chi connectivity index (χ3v) is 3.14. The highest BCUT2D eigenvalue weighted by atomic mass is 16.5. The van der Waals surface area contributed by atoms with Crippen LogP contribution in [0.4, 0.5) is 0 Å². The number of nitrogens with zero attached hydrogens (tertiary/aromatic N) is 2. The van der Waals surface area contributed by atoms with Crippen LogP contribution in [0.3, 0.4) is 0 Å². The van der Waals surface area contributed by atoms with Crippen LogP contribution in [0.2, 0.25) is 0 Å². The second-order valence-electron chi connectivity index (χ2n) is 4.60. The molecule has 2 saturated heterocycles. The van der Waals surface area contributed by atoms with Gasteiger partial charge in [-0.05, 0) is 13.8 Å². The molecular weight excluding hydrogens is 176 g/mol. The summed E-state index contributed by atoms with van der Waals surface area (Å²) in [7, 11) is 0. The summed E-state index contributed by atoms with van der Waals surface area (Å²) in [6, 6.07) is 2.55. The molecule has 3 heteroatoms. The lowest BCUT2D eigenvalue weighted by Crippen LogP contribution is -2.67. The van der Waals surface area contributed by atoms with Crippen molar-refractivity contribution in [2.24, 2.45) is 5.41 Å². The minimum Gasteiger partial charge on any atom is -0.380 e. The number of ether oxygens (including phenoxy) is 1. The molecule has 0 aromatic rings. The lowest BCUT2D eigenvalue weighted by atomic mass is 9.77. The quantitative estimate of drug-likeness (QED) is 0.616. The summed E-state index contributed by atoms with van der Waals surface area (Å²) in [5.41, 5.74) is 1.28. The Balaban J connectivity index is 1.84. The van der Waals surface area contributed by atoms with Gasteiger partial charge in [0.05, 0.1) is 19.3 Å². The highest BCUT2D eigenvalue weighted by Gasteiger charge is 2.49. The van der Waals surface area contributed by atoms with Crippen molar-refractivity contribution in [1.29, 1.82) is 5.26 Å². The Kier molecular flexibility index (Phi) is 2.34. The Morgan fingerprint density at radius 3 is 2.64 bits per heavy atom. The molecule has 0 aromatic heterocycles. The molecular formula is C11H16N2O. The van der Waals surface area contributed by atoms with Crippen molar-refractivity contribution < 1.29 is 4.74 Å². The molecule has 1 spiro atoms. The minimum absolute atomic E-state index is 0.390. The third-order valence-electron chi connectivity index (χ3n) is 3.14. The van der Waals surface area contributed by atoms with E-state index in [4.69, 9.17) is 10.00 Å². The summed E-state index contributed by atoms with van der Waals surface area (Å²) in [6.45, 7) is 8.12. The van der Waals surface area contributed by atoms with Gasteiger partial charge in [0.25, 0.3) is 0 Å². The van der Waals surface area contributed by atoms with Crippen molar-refractivity contribution in [2.45, 2.75) is 19.9 Å². The number of likely N-dealkylation sites (tertiary alicyclic amines) is 1. The summed E-state index contributed by atoms with van der Waals surface area (Å²) in [4.78, 5) is 2.39. The van der Waals surface area contributed by atoms with E-state index in [9.17, 15) is 0 Å². The maximum Gasteiger partial charge on any atom is 0.0941 e. The van der Waals surface area contributed by atoms with Gasteiger partial charge in [0, 0.05) is 30.1 Å². The van der Waals surface area contributed by atoms with E-state index in [1.54, 1.807) is 0 Å². The predicted octanol–water partition coefficient (Wildman–Crippen LogP) is 1.18. The van der Waals surface area contributed by atoms with Crippen molar-refractivity contribution in [3.8, 4) is 6.07 Å². The second-order valence-corrected chi connectivity index (χ2v) is 4.60. The Labute approximate surface area is 85.0 Å². The van der Waals surface area contributed by atoms with Crippen molar-refractivity contribution in [1.82, 2.24) is 4.90 Å². The molecule has 1 unspecified atom stereocenters. The molecule has 0 bridgehead atoms. The van der Waals surface area contributed by atoms with Gasteiger partial charge in [-0.2, -0.15) is 5.26 Å². The van der Waals surface area contributed by atoms with E-state index in [0.29, 0.717) is 11.5 Å². The molecule has 2 aliphatic heterocycles. The van der Waals surface area contributed by atoms with Gasteiger partial charge in [0.1, 0.15) is 0 Å².